The molecule has 4 heteroatoms. The maximum Gasteiger partial charge on any atom is 0.219 e. The summed E-state index contributed by atoms with van der Waals surface area (Å²) in [6.07, 6.45) is 7.40. The van der Waals surface area contributed by atoms with Gasteiger partial charge in [-0.05, 0) is 108 Å². The first kappa shape index (κ1) is 33.7. The smallest absolute Gasteiger partial charge is 0.219 e. The van der Waals surface area contributed by atoms with Crippen LogP contribution in [-0.4, -0.2) is 34.1 Å². The molecule has 2 rings (SSSR count). The zero-order valence-corrected chi connectivity index (χ0v) is 27.1. The van der Waals surface area contributed by atoms with E-state index in [0.717, 1.165) is 73.6 Å². The number of aromatic hydroxyl groups is 2. The van der Waals surface area contributed by atoms with Crippen molar-refractivity contribution in [1.82, 2.24) is 4.90 Å². The quantitative estimate of drug-likeness (QED) is 0.232. The minimum Gasteiger partial charge on any atom is -0.507 e. The predicted octanol–water partition coefficient (Wildman–Crippen LogP) is 9.56. The van der Waals surface area contributed by atoms with E-state index in [-0.39, 0.29) is 11.9 Å². The summed E-state index contributed by atoms with van der Waals surface area (Å²) in [7, 11) is 1.92. The molecule has 224 valence electrons. The normalized spacial score (nSPS) is 15.3. The number of rotatable bonds is 15. The van der Waals surface area contributed by atoms with Crippen LogP contribution in [-0.2, 0) is 17.6 Å². The van der Waals surface area contributed by atoms with Gasteiger partial charge in [0.2, 0.25) is 5.91 Å². The summed E-state index contributed by atoms with van der Waals surface area (Å²) in [6.45, 7) is 19.1. The molecule has 2 N–H and O–H groups in total. The molecule has 4 atom stereocenters. The van der Waals surface area contributed by atoms with E-state index >= 15 is 0 Å². The molecule has 2 aromatic rings. The largest absolute Gasteiger partial charge is 0.507 e. The van der Waals surface area contributed by atoms with E-state index in [4.69, 9.17) is 0 Å². The predicted molar refractivity (Wildman–Crippen MR) is 170 cm³/mol. The van der Waals surface area contributed by atoms with E-state index in [1.807, 2.05) is 11.9 Å². The number of carbonyl (C=O) groups excluding carboxylic acids is 1. The summed E-state index contributed by atoms with van der Waals surface area (Å²) in [5.74, 6) is 2.21. The van der Waals surface area contributed by atoms with E-state index < -0.39 is 0 Å². The fraction of sp³-hybridized carbons (Fsp3) is 0.639. The average molecular weight is 552 g/mol. The monoisotopic (exact) mass is 551 g/mol. The third kappa shape index (κ3) is 8.27. The molecule has 0 radical (unpaired) electrons. The average Bonchev–Trinajstić information content (AvgIpc) is 2.96. The van der Waals surface area contributed by atoms with E-state index in [2.05, 4.69) is 79.7 Å². The Kier molecular flexibility index (Phi) is 13.1. The van der Waals surface area contributed by atoms with Gasteiger partial charge in [0, 0.05) is 20.0 Å². The first-order valence-corrected chi connectivity index (χ1v) is 15.8. The summed E-state index contributed by atoms with van der Waals surface area (Å²) >= 11 is 0. The minimum atomic E-state index is 0.0857. The Morgan fingerprint density at radius 1 is 0.650 bits per heavy atom. The molecule has 0 heterocycles. The molecule has 4 nitrogen and oxygen atoms in total. The van der Waals surface area contributed by atoms with Crippen molar-refractivity contribution >= 4 is 5.91 Å². The van der Waals surface area contributed by atoms with Gasteiger partial charge in [-0.15, -0.1) is 0 Å². The Balaban J connectivity index is 2.37. The van der Waals surface area contributed by atoms with Crippen LogP contribution in [0.15, 0.2) is 24.3 Å². The first-order valence-electron chi connectivity index (χ1n) is 15.8. The summed E-state index contributed by atoms with van der Waals surface area (Å²) in [6, 6.07) is 8.88. The Labute approximate surface area is 245 Å². The topological polar surface area (TPSA) is 60.8 Å². The van der Waals surface area contributed by atoms with Gasteiger partial charge in [-0.25, -0.2) is 0 Å². The van der Waals surface area contributed by atoms with Crippen molar-refractivity contribution in [3.8, 4) is 11.5 Å². The van der Waals surface area contributed by atoms with Crippen LogP contribution in [0.25, 0.3) is 0 Å². The van der Waals surface area contributed by atoms with Crippen LogP contribution < -0.4 is 0 Å². The number of phenolic OH excluding ortho intramolecular Hbond substituents is 2. The highest BCUT2D eigenvalue weighted by Gasteiger charge is 2.22. The van der Waals surface area contributed by atoms with Gasteiger partial charge in [0.05, 0.1) is 0 Å². The molecule has 40 heavy (non-hydrogen) atoms. The van der Waals surface area contributed by atoms with Crippen LogP contribution >= 0.6 is 0 Å². The Morgan fingerprint density at radius 3 is 1.15 bits per heavy atom. The summed E-state index contributed by atoms with van der Waals surface area (Å²) in [4.78, 5) is 14.4. The zero-order valence-electron chi connectivity index (χ0n) is 27.1. The molecule has 0 aliphatic rings. The number of benzene rings is 2. The number of nitrogens with zero attached hydrogens (tertiary/aromatic N) is 1. The molecule has 0 fully saturated rings. The molecule has 2 aromatic carbocycles. The van der Waals surface area contributed by atoms with Crippen molar-refractivity contribution in [1.29, 1.82) is 0 Å². The molecule has 4 unspecified atom stereocenters. The highest BCUT2D eigenvalue weighted by molar-refractivity contribution is 5.73. The van der Waals surface area contributed by atoms with Crippen molar-refractivity contribution in [2.45, 2.75) is 143 Å². The lowest BCUT2D eigenvalue weighted by Crippen LogP contribution is -2.36. The highest BCUT2D eigenvalue weighted by atomic mass is 16.3. The summed E-state index contributed by atoms with van der Waals surface area (Å²) in [5.41, 5.74) is 6.68. The van der Waals surface area contributed by atoms with Crippen molar-refractivity contribution in [3.63, 3.8) is 0 Å². The molecule has 0 bridgehead atoms. The van der Waals surface area contributed by atoms with Crippen LogP contribution in [0.4, 0.5) is 0 Å². The summed E-state index contributed by atoms with van der Waals surface area (Å²) in [5, 5.41) is 22.1. The Morgan fingerprint density at radius 2 is 0.925 bits per heavy atom. The van der Waals surface area contributed by atoms with Gasteiger partial charge in [0.15, 0.2) is 0 Å². The van der Waals surface area contributed by atoms with E-state index in [0.29, 0.717) is 35.2 Å². The molecular weight excluding hydrogens is 494 g/mol. The number of aryl methyl sites for hydroxylation is 2. The van der Waals surface area contributed by atoms with Crippen LogP contribution in [0, 0.1) is 0 Å². The molecular formula is C36H57NO3. The molecule has 0 spiro atoms. The van der Waals surface area contributed by atoms with E-state index in [1.54, 1.807) is 6.92 Å². The van der Waals surface area contributed by atoms with Crippen LogP contribution in [0.5, 0.6) is 11.5 Å². The van der Waals surface area contributed by atoms with Crippen LogP contribution in [0.1, 0.15) is 158 Å². The van der Waals surface area contributed by atoms with Crippen molar-refractivity contribution in [3.05, 3.63) is 57.6 Å². The molecule has 0 saturated carbocycles. The fourth-order valence-electron chi connectivity index (χ4n) is 5.62. The lowest BCUT2D eigenvalue weighted by Gasteiger charge is -2.28. The van der Waals surface area contributed by atoms with Crippen molar-refractivity contribution < 1.29 is 15.0 Å². The Bertz CT molecular complexity index is 968. The maximum atomic E-state index is 12.5. The third-order valence-electron chi connectivity index (χ3n) is 9.61. The standard InChI is InChI=1S/C36H57NO3/c1-11-23(5)31-19-28(20-32(35(31)39)24(6)12-2)15-17-30(37(10)27(9)38)18-16-29-21-33(25(7)13-3)36(40)34(22-29)26(8)14-4/h19-26,30,39-40H,11-18H2,1-10H3. The first-order chi connectivity index (χ1) is 18.9. The second kappa shape index (κ2) is 15.5. The lowest BCUT2D eigenvalue weighted by atomic mass is 9.86. The summed E-state index contributed by atoms with van der Waals surface area (Å²) < 4.78 is 0. The van der Waals surface area contributed by atoms with Gasteiger partial charge in [-0.3, -0.25) is 4.79 Å². The number of hydrogen-bond acceptors (Lipinski definition) is 3. The number of hydrogen-bond donors (Lipinski definition) is 2. The fourth-order valence-corrected chi connectivity index (χ4v) is 5.62. The molecule has 0 saturated heterocycles. The molecule has 0 aliphatic carbocycles. The van der Waals surface area contributed by atoms with Gasteiger partial charge in [0.1, 0.15) is 11.5 Å². The molecule has 1 amide bonds. The SMILES string of the molecule is CCC(C)c1cc(CCC(CCc2cc(C(C)CC)c(O)c(C(C)CC)c2)N(C)C(C)=O)cc(C(C)CC)c1O. The van der Waals surface area contributed by atoms with Gasteiger partial charge < -0.3 is 15.1 Å². The zero-order chi connectivity index (χ0) is 30.1. The Hall–Kier alpha value is -2.49. The second-order valence-electron chi connectivity index (χ2n) is 12.3. The van der Waals surface area contributed by atoms with Gasteiger partial charge in [-0.1, -0.05) is 79.7 Å². The van der Waals surface area contributed by atoms with Crippen molar-refractivity contribution in [2.75, 3.05) is 7.05 Å². The van der Waals surface area contributed by atoms with Crippen LogP contribution in [0.3, 0.4) is 0 Å². The second-order valence-corrected chi connectivity index (χ2v) is 12.3. The third-order valence-corrected chi connectivity index (χ3v) is 9.61. The highest BCUT2D eigenvalue weighted by Crippen LogP contribution is 2.39. The van der Waals surface area contributed by atoms with Gasteiger partial charge in [0.25, 0.3) is 0 Å². The van der Waals surface area contributed by atoms with E-state index in [1.165, 1.54) is 11.1 Å². The number of amides is 1. The molecule has 0 aromatic heterocycles. The number of carbonyl (C=O) groups is 1. The van der Waals surface area contributed by atoms with Gasteiger partial charge >= 0.3 is 0 Å². The minimum absolute atomic E-state index is 0.0857. The van der Waals surface area contributed by atoms with Crippen molar-refractivity contribution in [2.24, 2.45) is 0 Å². The van der Waals surface area contributed by atoms with Gasteiger partial charge in [-0.2, -0.15) is 0 Å². The van der Waals surface area contributed by atoms with Crippen LogP contribution in [0.2, 0.25) is 0 Å². The lowest BCUT2D eigenvalue weighted by molar-refractivity contribution is -0.129. The van der Waals surface area contributed by atoms with E-state index in [9.17, 15) is 15.0 Å². The number of phenols is 2. The maximum absolute atomic E-state index is 12.5. The molecule has 0 aliphatic heterocycles.